The summed E-state index contributed by atoms with van der Waals surface area (Å²) < 4.78 is 33.4. The lowest BCUT2D eigenvalue weighted by molar-refractivity contribution is -0.0628. The van der Waals surface area contributed by atoms with Crippen LogP contribution in [0.2, 0.25) is 0 Å². The molecular weight excluding hydrogens is 280 g/mol. The Kier molecular flexibility index (Phi) is 3.91. The van der Waals surface area contributed by atoms with Crippen LogP contribution in [0.15, 0.2) is 12.1 Å². The third kappa shape index (κ3) is 2.79. The second-order valence-electron chi connectivity index (χ2n) is 5.75. The molecule has 1 aromatic rings. The molecular formula is C15H19F2NOS. The molecule has 1 N–H and O–H groups in total. The van der Waals surface area contributed by atoms with E-state index in [4.69, 9.17) is 4.74 Å². The molecule has 0 radical (unpaired) electrons. The smallest absolute Gasteiger partial charge is 0.146 e. The van der Waals surface area contributed by atoms with Crippen molar-refractivity contribution in [1.82, 2.24) is 0 Å². The highest BCUT2D eigenvalue weighted by atomic mass is 32.2. The van der Waals surface area contributed by atoms with Crippen LogP contribution >= 0.6 is 11.8 Å². The average Bonchev–Trinajstić information content (AvgIpc) is 2.84. The predicted octanol–water partition coefficient (Wildman–Crippen LogP) is 3.74. The maximum atomic E-state index is 13.9. The third-order valence-corrected chi connectivity index (χ3v) is 5.39. The summed E-state index contributed by atoms with van der Waals surface area (Å²) in [5, 5.41) is 3.16. The minimum atomic E-state index is -0.384. The van der Waals surface area contributed by atoms with Gasteiger partial charge in [-0.3, -0.25) is 0 Å². The van der Waals surface area contributed by atoms with Crippen molar-refractivity contribution in [2.75, 3.05) is 23.4 Å². The highest BCUT2D eigenvalue weighted by Crippen LogP contribution is 2.39. The Morgan fingerprint density at radius 2 is 2.20 bits per heavy atom. The van der Waals surface area contributed by atoms with Crippen LogP contribution in [0.3, 0.4) is 0 Å². The molecule has 2 aliphatic rings. The average molecular weight is 299 g/mol. The van der Waals surface area contributed by atoms with Crippen LogP contribution in [0.1, 0.15) is 24.8 Å². The molecule has 2 atom stereocenters. The first-order valence-corrected chi connectivity index (χ1v) is 8.17. The topological polar surface area (TPSA) is 21.3 Å². The minimum absolute atomic E-state index is 0.0553. The van der Waals surface area contributed by atoms with E-state index in [0.717, 1.165) is 30.8 Å². The number of thioether (sulfide) groups is 1. The van der Waals surface area contributed by atoms with Crippen LogP contribution in [0, 0.1) is 18.6 Å². The van der Waals surface area contributed by atoms with Gasteiger partial charge in [0.15, 0.2) is 0 Å². The fourth-order valence-electron chi connectivity index (χ4n) is 2.99. The third-order valence-electron chi connectivity index (χ3n) is 4.17. The second kappa shape index (κ2) is 5.53. The Bertz CT molecular complexity index is 503. The predicted molar refractivity (Wildman–Crippen MR) is 78.4 cm³/mol. The quantitative estimate of drug-likeness (QED) is 0.899. The zero-order valence-corrected chi connectivity index (χ0v) is 12.4. The fraction of sp³-hybridized carbons (Fsp3) is 0.600. The monoisotopic (exact) mass is 299 g/mol. The van der Waals surface area contributed by atoms with Crippen molar-refractivity contribution in [3.63, 3.8) is 0 Å². The van der Waals surface area contributed by atoms with Gasteiger partial charge >= 0.3 is 0 Å². The number of nitrogens with one attached hydrogen (secondary N) is 1. The summed E-state index contributed by atoms with van der Waals surface area (Å²) in [6, 6.07) is 2.66. The molecule has 0 saturated carbocycles. The van der Waals surface area contributed by atoms with Crippen molar-refractivity contribution in [3.05, 3.63) is 29.3 Å². The van der Waals surface area contributed by atoms with Crippen molar-refractivity contribution in [3.8, 4) is 0 Å². The van der Waals surface area contributed by atoms with Crippen LogP contribution in [-0.2, 0) is 4.74 Å². The van der Waals surface area contributed by atoms with Crippen LogP contribution in [0.4, 0.5) is 14.5 Å². The van der Waals surface area contributed by atoms with Gasteiger partial charge in [-0.05, 0) is 43.6 Å². The molecule has 0 aliphatic carbocycles. The molecule has 0 amide bonds. The van der Waals surface area contributed by atoms with Gasteiger partial charge in [0, 0.05) is 24.5 Å². The van der Waals surface area contributed by atoms with E-state index in [9.17, 15) is 8.78 Å². The number of aryl methyl sites for hydroxylation is 1. The van der Waals surface area contributed by atoms with E-state index >= 15 is 0 Å². The lowest BCUT2D eigenvalue weighted by atomic mass is 9.89. The molecule has 1 aromatic carbocycles. The lowest BCUT2D eigenvalue weighted by Gasteiger charge is -2.38. The van der Waals surface area contributed by atoms with Gasteiger partial charge in [0.25, 0.3) is 0 Å². The van der Waals surface area contributed by atoms with Gasteiger partial charge in [-0.1, -0.05) is 0 Å². The molecule has 2 saturated heterocycles. The van der Waals surface area contributed by atoms with Gasteiger partial charge in [0.1, 0.15) is 11.6 Å². The van der Waals surface area contributed by atoms with E-state index in [1.54, 1.807) is 6.92 Å². The number of halogens is 2. The summed E-state index contributed by atoms with van der Waals surface area (Å²) in [4.78, 5) is 0. The van der Waals surface area contributed by atoms with Gasteiger partial charge in [-0.15, -0.1) is 0 Å². The summed E-state index contributed by atoms with van der Waals surface area (Å²) >= 11 is 1.91. The Balaban J connectivity index is 1.73. The van der Waals surface area contributed by atoms with E-state index in [-0.39, 0.29) is 29.0 Å². The Hall–Kier alpha value is -0.810. The van der Waals surface area contributed by atoms with Crippen LogP contribution in [-0.4, -0.2) is 29.8 Å². The zero-order valence-electron chi connectivity index (χ0n) is 11.5. The standard InChI is InChI=1S/C15H19F2NOS/c1-10-6-13(17)14(7-12(10)16)18-11-2-4-19-15(8-11)3-5-20-9-15/h6-7,11,18H,2-5,8-9H2,1H3. The zero-order chi connectivity index (χ0) is 14.2. The normalized spacial score (nSPS) is 29.9. The molecule has 0 aromatic heterocycles. The number of ether oxygens (including phenoxy) is 1. The summed E-state index contributed by atoms with van der Waals surface area (Å²) in [5.41, 5.74) is 0.546. The molecule has 2 fully saturated rings. The molecule has 2 unspecified atom stereocenters. The van der Waals surface area contributed by atoms with Crippen LogP contribution in [0.5, 0.6) is 0 Å². The number of hydrogen-bond donors (Lipinski definition) is 1. The summed E-state index contributed by atoms with van der Waals surface area (Å²) in [6.07, 6.45) is 2.76. The second-order valence-corrected chi connectivity index (χ2v) is 6.85. The van der Waals surface area contributed by atoms with E-state index in [0.29, 0.717) is 12.2 Å². The van der Waals surface area contributed by atoms with Crippen molar-refractivity contribution < 1.29 is 13.5 Å². The van der Waals surface area contributed by atoms with E-state index in [1.807, 2.05) is 11.8 Å². The van der Waals surface area contributed by atoms with Crippen molar-refractivity contribution in [2.45, 2.75) is 37.8 Å². The van der Waals surface area contributed by atoms with Gasteiger partial charge in [0.05, 0.1) is 11.3 Å². The summed E-state index contributed by atoms with van der Waals surface area (Å²) in [6.45, 7) is 2.26. The molecule has 2 aliphatic heterocycles. The van der Waals surface area contributed by atoms with Crippen molar-refractivity contribution in [2.24, 2.45) is 0 Å². The van der Waals surface area contributed by atoms with Crippen LogP contribution in [0.25, 0.3) is 0 Å². The number of anilines is 1. The maximum absolute atomic E-state index is 13.9. The highest BCUT2D eigenvalue weighted by Gasteiger charge is 2.40. The van der Waals surface area contributed by atoms with Crippen molar-refractivity contribution in [1.29, 1.82) is 0 Å². The highest BCUT2D eigenvalue weighted by molar-refractivity contribution is 7.99. The van der Waals surface area contributed by atoms with E-state index in [1.165, 1.54) is 12.1 Å². The molecule has 1 spiro atoms. The SMILES string of the molecule is Cc1cc(F)c(NC2CCOC3(CCSC3)C2)cc1F. The lowest BCUT2D eigenvalue weighted by Crippen LogP contribution is -2.44. The molecule has 20 heavy (non-hydrogen) atoms. The number of benzene rings is 1. The fourth-order valence-corrected chi connectivity index (χ4v) is 4.37. The molecule has 2 heterocycles. The molecule has 3 rings (SSSR count). The molecule has 0 bridgehead atoms. The number of hydrogen-bond acceptors (Lipinski definition) is 3. The first-order chi connectivity index (χ1) is 9.58. The summed E-state index contributed by atoms with van der Waals surface area (Å²) in [5.74, 6) is 1.38. The van der Waals surface area contributed by atoms with E-state index in [2.05, 4.69) is 5.32 Å². The first kappa shape index (κ1) is 14.1. The van der Waals surface area contributed by atoms with Gasteiger partial charge in [0.2, 0.25) is 0 Å². The van der Waals surface area contributed by atoms with Gasteiger partial charge in [-0.2, -0.15) is 11.8 Å². The van der Waals surface area contributed by atoms with Crippen molar-refractivity contribution >= 4 is 17.4 Å². The molecule has 2 nitrogen and oxygen atoms in total. The molecule has 5 heteroatoms. The largest absolute Gasteiger partial charge is 0.380 e. The van der Waals surface area contributed by atoms with Crippen LogP contribution < -0.4 is 5.32 Å². The Morgan fingerprint density at radius 1 is 1.35 bits per heavy atom. The Morgan fingerprint density at radius 3 is 2.95 bits per heavy atom. The minimum Gasteiger partial charge on any atom is -0.380 e. The molecule has 110 valence electrons. The Labute approximate surface area is 122 Å². The summed E-state index contributed by atoms with van der Waals surface area (Å²) in [7, 11) is 0. The van der Waals surface area contributed by atoms with Gasteiger partial charge in [-0.25, -0.2) is 8.78 Å². The van der Waals surface area contributed by atoms with E-state index < -0.39 is 0 Å². The maximum Gasteiger partial charge on any atom is 0.146 e. The first-order valence-electron chi connectivity index (χ1n) is 7.02. The number of rotatable bonds is 2. The van der Waals surface area contributed by atoms with Gasteiger partial charge < -0.3 is 10.1 Å².